The van der Waals surface area contributed by atoms with Gasteiger partial charge in [-0.3, -0.25) is 4.79 Å². The minimum Gasteiger partial charge on any atom is -0.494 e. The summed E-state index contributed by atoms with van der Waals surface area (Å²) in [6, 6.07) is 14.9. The van der Waals surface area contributed by atoms with E-state index in [4.69, 9.17) is 14.2 Å². The molecule has 0 aliphatic carbocycles. The van der Waals surface area contributed by atoms with E-state index in [2.05, 4.69) is 5.32 Å². The first-order chi connectivity index (χ1) is 16.0. The second-order valence-corrected chi connectivity index (χ2v) is 8.24. The van der Waals surface area contributed by atoms with Crippen LogP contribution in [-0.4, -0.2) is 32.2 Å². The van der Waals surface area contributed by atoms with Crippen LogP contribution in [0.4, 0.5) is 5.00 Å². The van der Waals surface area contributed by atoms with E-state index < -0.39 is 5.97 Å². The monoisotopic (exact) mass is 465 g/mol. The van der Waals surface area contributed by atoms with E-state index in [1.165, 1.54) is 24.5 Å². The summed E-state index contributed by atoms with van der Waals surface area (Å²) < 4.78 is 16.0. The van der Waals surface area contributed by atoms with Gasteiger partial charge in [-0.1, -0.05) is 24.3 Å². The van der Waals surface area contributed by atoms with E-state index >= 15 is 0 Å². The average Bonchev–Trinajstić information content (AvgIpc) is 3.14. The topological polar surface area (TPSA) is 73.9 Å². The third-order valence-corrected chi connectivity index (χ3v) is 5.80. The summed E-state index contributed by atoms with van der Waals surface area (Å²) in [5.74, 6) is 0.682. The van der Waals surface area contributed by atoms with Gasteiger partial charge in [-0.2, -0.15) is 0 Å². The first kappa shape index (κ1) is 24.1. The zero-order valence-corrected chi connectivity index (χ0v) is 20.0. The van der Waals surface area contributed by atoms with E-state index in [1.54, 1.807) is 6.08 Å². The molecule has 3 aromatic rings. The summed E-state index contributed by atoms with van der Waals surface area (Å²) in [4.78, 5) is 26.1. The summed E-state index contributed by atoms with van der Waals surface area (Å²) in [5.41, 5.74) is 2.78. The lowest BCUT2D eigenvalue weighted by molar-refractivity contribution is -0.111. The number of nitrogens with one attached hydrogen (secondary N) is 1. The zero-order chi connectivity index (χ0) is 23.8. The molecule has 0 saturated carbocycles. The van der Waals surface area contributed by atoms with Crippen molar-refractivity contribution in [3.05, 3.63) is 70.6 Å². The normalized spacial score (nSPS) is 10.8. The maximum atomic E-state index is 12.6. The first-order valence-electron chi connectivity index (χ1n) is 10.6. The van der Waals surface area contributed by atoms with Crippen molar-refractivity contribution in [2.75, 3.05) is 25.6 Å². The fourth-order valence-electron chi connectivity index (χ4n) is 3.33. The number of hydrogen-bond donors (Lipinski definition) is 1. The summed E-state index contributed by atoms with van der Waals surface area (Å²) >= 11 is 1.34. The number of ether oxygens (including phenoxy) is 3. The summed E-state index contributed by atoms with van der Waals surface area (Å²) in [5, 5.41) is 3.28. The Labute approximate surface area is 197 Å². The van der Waals surface area contributed by atoms with Crippen molar-refractivity contribution >= 4 is 34.3 Å². The highest BCUT2D eigenvalue weighted by molar-refractivity contribution is 7.17. The molecule has 1 heterocycles. The van der Waals surface area contributed by atoms with E-state index in [1.807, 2.05) is 69.3 Å². The Morgan fingerprint density at radius 2 is 1.52 bits per heavy atom. The zero-order valence-electron chi connectivity index (χ0n) is 19.1. The molecule has 3 rings (SSSR count). The van der Waals surface area contributed by atoms with Gasteiger partial charge in [-0.15, -0.1) is 11.3 Å². The molecule has 0 bridgehead atoms. The predicted octanol–water partition coefficient (Wildman–Crippen LogP) is 5.96. The number of esters is 1. The molecular formula is C26H27NO5S. The summed E-state index contributed by atoms with van der Waals surface area (Å²) in [7, 11) is 1.33. The minimum absolute atomic E-state index is 0.339. The highest BCUT2D eigenvalue weighted by Gasteiger charge is 2.24. The lowest BCUT2D eigenvalue weighted by Crippen LogP contribution is -2.11. The molecule has 0 atom stereocenters. The fraction of sp³-hybridized carbons (Fsp3) is 0.231. The Morgan fingerprint density at radius 1 is 0.939 bits per heavy atom. The SMILES string of the molecule is CCOc1ccc(C=CC(=O)Nc2sc(C)c(-c3ccc(OCC)cc3)c2C(=O)OC)cc1. The van der Waals surface area contributed by atoms with Gasteiger partial charge < -0.3 is 19.5 Å². The molecule has 0 aliphatic rings. The molecule has 6 nitrogen and oxygen atoms in total. The molecular weight excluding hydrogens is 438 g/mol. The molecule has 0 spiro atoms. The van der Waals surface area contributed by atoms with Gasteiger partial charge in [0, 0.05) is 16.5 Å². The number of rotatable bonds is 9. The molecule has 2 aromatic carbocycles. The van der Waals surface area contributed by atoms with Crippen LogP contribution >= 0.6 is 11.3 Å². The van der Waals surface area contributed by atoms with Gasteiger partial charge in [0.2, 0.25) is 5.91 Å². The standard InChI is InChI=1S/C26H27NO5S/c1-5-31-20-12-7-18(8-13-20)9-16-22(28)27-25-24(26(29)30-4)23(17(3)33-25)19-10-14-21(15-11-19)32-6-2/h7-16H,5-6H2,1-4H3,(H,27,28). The van der Waals surface area contributed by atoms with Gasteiger partial charge in [0.25, 0.3) is 0 Å². The van der Waals surface area contributed by atoms with Crippen molar-refractivity contribution in [2.45, 2.75) is 20.8 Å². The van der Waals surface area contributed by atoms with Gasteiger partial charge in [0.05, 0.1) is 20.3 Å². The molecule has 0 saturated heterocycles. The third-order valence-electron chi connectivity index (χ3n) is 4.78. The van der Waals surface area contributed by atoms with Crippen LogP contribution in [0.25, 0.3) is 17.2 Å². The Balaban J connectivity index is 1.84. The highest BCUT2D eigenvalue weighted by Crippen LogP contribution is 2.40. The van der Waals surface area contributed by atoms with Gasteiger partial charge >= 0.3 is 5.97 Å². The van der Waals surface area contributed by atoms with Crippen LogP contribution in [0, 0.1) is 6.92 Å². The van der Waals surface area contributed by atoms with Crippen LogP contribution < -0.4 is 14.8 Å². The van der Waals surface area contributed by atoms with Crippen LogP contribution in [0.3, 0.4) is 0 Å². The Kier molecular flexibility index (Phi) is 8.27. The smallest absolute Gasteiger partial charge is 0.341 e. The van der Waals surface area contributed by atoms with Crippen LogP contribution in [-0.2, 0) is 9.53 Å². The van der Waals surface area contributed by atoms with Crippen molar-refractivity contribution in [1.29, 1.82) is 0 Å². The van der Waals surface area contributed by atoms with Gasteiger partial charge in [0.1, 0.15) is 22.1 Å². The van der Waals surface area contributed by atoms with E-state index in [-0.39, 0.29) is 5.91 Å². The van der Waals surface area contributed by atoms with Crippen LogP contribution in [0.15, 0.2) is 54.6 Å². The molecule has 172 valence electrons. The lowest BCUT2D eigenvalue weighted by atomic mass is 10.0. The number of hydrogen-bond acceptors (Lipinski definition) is 6. The molecule has 1 aromatic heterocycles. The summed E-state index contributed by atoms with van der Waals surface area (Å²) in [6.07, 6.45) is 3.14. The van der Waals surface area contributed by atoms with Crippen LogP contribution in [0.2, 0.25) is 0 Å². The minimum atomic E-state index is -0.506. The molecule has 33 heavy (non-hydrogen) atoms. The number of anilines is 1. The molecule has 1 amide bonds. The van der Waals surface area contributed by atoms with Gasteiger partial charge in [-0.25, -0.2) is 4.79 Å². The third kappa shape index (κ3) is 6.02. The Hall–Kier alpha value is -3.58. The van der Waals surface area contributed by atoms with Crippen molar-refractivity contribution in [2.24, 2.45) is 0 Å². The van der Waals surface area contributed by atoms with Crippen molar-refractivity contribution in [3.8, 4) is 22.6 Å². The fourth-order valence-corrected chi connectivity index (χ4v) is 4.40. The molecule has 0 radical (unpaired) electrons. The Bertz CT molecular complexity index is 1130. The van der Waals surface area contributed by atoms with Crippen molar-refractivity contribution < 1.29 is 23.8 Å². The van der Waals surface area contributed by atoms with Crippen LogP contribution in [0.5, 0.6) is 11.5 Å². The molecule has 0 unspecified atom stereocenters. The second-order valence-electron chi connectivity index (χ2n) is 7.01. The number of amides is 1. The van der Waals surface area contributed by atoms with E-state index in [0.717, 1.165) is 33.1 Å². The largest absolute Gasteiger partial charge is 0.494 e. The van der Waals surface area contributed by atoms with Gasteiger partial charge in [-0.05, 0) is 62.2 Å². The molecule has 0 fully saturated rings. The van der Waals surface area contributed by atoms with Crippen LogP contribution in [0.1, 0.15) is 34.6 Å². The molecule has 1 N–H and O–H groups in total. The molecule has 0 aliphatic heterocycles. The number of aryl methyl sites for hydroxylation is 1. The van der Waals surface area contributed by atoms with Gasteiger partial charge in [0.15, 0.2) is 0 Å². The highest BCUT2D eigenvalue weighted by atomic mass is 32.1. The maximum absolute atomic E-state index is 12.6. The first-order valence-corrected chi connectivity index (χ1v) is 11.4. The van der Waals surface area contributed by atoms with E-state index in [0.29, 0.717) is 23.8 Å². The number of carbonyl (C=O) groups is 2. The number of carbonyl (C=O) groups excluding carboxylic acids is 2. The number of benzene rings is 2. The number of methoxy groups -OCH3 is 1. The summed E-state index contributed by atoms with van der Waals surface area (Å²) in [6.45, 7) is 6.93. The second kappa shape index (κ2) is 11.3. The Morgan fingerprint density at radius 3 is 2.06 bits per heavy atom. The average molecular weight is 466 g/mol. The van der Waals surface area contributed by atoms with Crippen molar-refractivity contribution in [1.82, 2.24) is 0 Å². The predicted molar refractivity (Wildman–Crippen MR) is 132 cm³/mol. The quantitative estimate of drug-likeness (QED) is 0.312. The lowest BCUT2D eigenvalue weighted by Gasteiger charge is -2.08. The number of thiophene rings is 1. The van der Waals surface area contributed by atoms with Crippen molar-refractivity contribution in [3.63, 3.8) is 0 Å². The maximum Gasteiger partial charge on any atom is 0.341 e. The van der Waals surface area contributed by atoms with E-state index in [9.17, 15) is 9.59 Å². The molecule has 7 heteroatoms.